The van der Waals surface area contributed by atoms with Gasteiger partial charge in [-0.3, -0.25) is 4.68 Å². The van der Waals surface area contributed by atoms with Gasteiger partial charge in [0.1, 0.15) is 11.3 Å². The molecule has 4 rings (SSSR count). The highest BCUT2D eigenvalue weighted by molar-refractivity contribution is 5.77. The van der Waals surface area contributed by atoms with E-state index in [1.807, 2.05) is 10.9 Å². The fourth-order valence-electron chi connectivity index (χ4n) is 3.04. The number of halogens is 3. The van der Waals surface area contributed by atoms with Gasteiger partial charge in [-0.15, -0.1) is 0 Å². The summed E-state index contributed by atoms with van der Waals surface area (Å²) in [5.41, 5.74) is 0.965. The first-order valence-electron chi connectivity index (χ1n) is 8.22. The van der Waals surface area contributed by atoms with Crippen LogP contribution in [0.25, 0.3) is 22.4 Å². The van der Waals surface area contributed by atoms with Gasteiger partial charge in [-0.25, -0.2) is 15.2 Å². The summed E-state index contributed by atoms with van der Waals surface area (Å²) in [4.78, 5) is 8.68. The number of phenols is 1. The summed E-state index contributed by atoms with van der Waals surface area (Å²) in [5.74, 6) is -0.473. The Hall–Kier alpha value is -3.15. The molecule has 1 aliphatic rings. The Balaban J connectivity index is 0.00000102. The van der Waals surface area contributed by atoms with Crippen LogP contribution in [0.3, 0.4) is 0 Å². The van der Waals surface area contributed by atoms with E-state index in [9.17, 15) is 18.3 Å². The third-order valence-electron chi connectivity index (χ3n) is 4.59. The Morgan fingerprint density at radius 1 is 1.26 bits per heavy atom. The normalized spacial score (nSPS) is 14.4. The highest BCUT2D eigenvalue weighted by atomic mass is 19.4. The van der Waals surface area contributed by atoms with Crippen LogP contribution in [0, 0.1) is 18.8 Å². The van der Waals surface area contributed by atoms with E-state index in [0.29, 0.717) is 29.0 Å². The lowest BCUT2D eigenvalue weighted by Crippen LogP contribution is -2.17. The predicted molar refractivity (Wildman–Crippen MR) is 91.7 cm³/mol. The standard InChI is InChI=1S/C17H15F3N4O.CHN/c1-9-5-10(17(18,19)20)6-14(25)15(9)12-7-21-13-8-24(11-3-2-4-11)23-16(13)22-12;1-2/h5-8,11,25H,2-4H2,1H3;1H. The van der Waals surface area contributed by atoms with Gasteiger partial charge in [-0.1, -0.05) is 0 Å². The molecule has 27 heavy (non-hydrogen) atoms. The fourth-order valence-corrected chi connectivity index (χ4v) is 3.04. The number of alkyl halides is 3. The van der Waals surface area contributed by atoms with Gasteiger partial charge in [-0.05, 0) is 43.9 Å². The largest absolute Gasteiger partial charge is 0.507 e. The molecule has 0 amide bonds. The molecule has 3 aromatic rings. The van der Waals surface area contributed by atoms with Crippen LogP contribution < -0.4 is 0 Å². The average molecular weight is 375 g/mol. The van der Waals surface area contributed by atoms with Crippen molar-refractivity contribution in [2.24, 2.45) is 0 Å². The minimum atomic E-state index is -4.52. The smallest absolute Gasteiger partial charge is 0.416 e. The number of aromatic nitrogens is 4. The highest BCUT2D eigenvalue weighted by Gasteiger charge is 2.32. The molecule has 0 atom stereocenters. The van der Waals surface area contributed by atoms with Crippen LogP contribution in [0.4, 0.5) is 13.2 Å². The molecule has 2 aromatic heterocycles. The topological polar surface area (TPSA) is 87.6 Å². The second-order valence-electron chi connectivity index (χ2n) is 6.34. The molecular formula is C18H16F3N5O. The molecule has 0 radical (unpaired) electrons. The first kappa shape index (κ1) is 18.6. The lowest BCUT2D eigenvalue weighted by Gasteiger charge is -2.25. The van der Waals surface area contributed by atoms with Gasteiger partial charge in [0.15, 0.2) is 5.65 Å². The van der Waals surface area contributed by atoms with Gasteiger partial charge < -0.3 is 5.11 Å². The van der Waals surface area contributed by atoms with E-state index in [0.717, 1.165) is 18.9 Å². The maximum atomic E-state index is 12.9. The summed E-state index contributed by atoms with van der Waals surface area (Å²) >= 11 is 0. The minimum Gasteiger partial charge on any atom is -0.507 e. The molecule has 6 nitrogen and oxygen atoms in total. The summed E-state index contributed by atoms with van der Waals surface area (Å²) in [6, 6.07) is 2.07. The molecule has 1 fully saturated rings. The van der Waals surface area contributed by atoms with Gasteiger partial charge in [0.05, 0.1) is 29.7 Å². The van der Waals surface area contributed by atoms with E-state index < -0.39 is 17.5 Å². The molecule has 1 aliphatic carbocycles. The molecule has 9 heteroatoms. The zero-order valence-corrected chi connectivity index (χ0v) is 14.4. The molecule has 0 bridgehead atoms. The zero-order chi connectivity index (χ0) is 19.8. The van der Waals surface area contributed by atoms with Gasteiger partial charge in [0, 0.05) is 12.1 Å². The van der Waals surface area contributed by atoms with Gasteiger partial charge in [0.25, 0.3) is 0 Å². The molecule has 0 saturated heterocycles. The molecule has 1 saturated carbocycles. The van der Waals surface area contributed by atoms with Crippen LogP contribution in [0.5, 0.6) is 5.75 Å². The number of rotatable bonds is 2. The van der Waals surface area contributed by atoms with Gasteiger partial charge >= 0.3 is 6.18 Å². The van der Waals surface area contributed by atoms with Crippen molar-refractivity contribution in [3.8, 4) is 23.6 Å². The number of nitriles is 1. The number of phenolic OH excluding ortho intramolecular Hbond substituents is 1. The van der Waals surface area contributed by atoms with Crippen molar-refractivity contribution >= 4 is 11.2 Å². The Morgan fingerprint density at radius 2 is 1.96 bits per heavy atom. The summed E-state index contributed by atoms with van der Waals surface area (Å²) in [5, 5.41) is 21.0. The maximum absolute atomic E-state index is 12.9. The fraction of sp³-hybridized carbons (Fsp3) is 0.333. The van der Waals surface area contributed by atoms with Crippen molar-refractivity contribution in [1.82, 2.24) is 19.7 Å². The van der Waals surface area contributed by atoms with E-state index in [1.54, 1.807) is 0 Å². The summed E-state index contributed by atoms with van der Waals surface area (Å²) in [6.07, 6.45) is 2.07. The van der Waals surface area contributed by atoms with Crippen molar-refractivity contribution in [2.75, 3.05) is 0 Å². The van der Waals surface area contributed by atoms with Crippen LogP contribution in [0.15, 0.2) is 24.5 Å². The minimum absolute atomic E-state index is 0.237. The monoisotopic (exact) mass is 375 g/mol. The van der Waals surface area contributed by atoms with Crippen LogP contribution in [0.2, 0.25) is 0 Å². The molecule has 140 valence electrons. The van der Waals surface area contributed by atoms with E-state index in [4.69, 9.17) is 5.26 Å². The van der Waals surface area contributed by atoms with E-state index >= 15 is 0 Å². The molecule has 0 unspecified atom stereocenters. The molecular weight excluding hydrogens is 359 g/mol. The number of fused-ring (bicyclic) bond motifs is 1. The molecule has 0 aliphatic heterocycles. The Morgan fingerprint density at radius 3 is 2.52 bits per heavy atom. The number of benzene rings is 1. The van der Waals surface area contributed by atoms with Crippen LogP contribution in [-0.4, -0.2) is 24.9 Å². The summed E-state index contributed by atoms with van der Waals surface area (Å²) in [7, 11) is 0. The van der Waals surface area contributed by atoms with E-state index in [-0.39, 0.29) is 11.1 Å². The highest BCUT2D eigenvalue weighted by Crippen LogP contribution is 2.38. The lowest BCUT2D eigenvalue weighted by atomic mass is 9.93. The van der Waals surface area contributed by atoms with E-state index in [1.165, 1.54) is 19.5 Å². The first-order valence-corrected chi connectivity index (χ1v) is 8.22. The van der Waals surface area contributed by atoms with Crippen molar-refractivity contribution < 1.29 is 18.3 Å². The van der Waals surface area contributed by atoms with Crippen molar-refractivity contribution in [2.45, 2.75) is 38.4 Å². The van der Waals surface area contributed by atoms with Gasteiger partial charge in [-0.2, -0.15) is 18.3 Å². The second kappa shape index (κ2) is 6.87. The van der Waals surface area contributed by atoms with Crippen molar-refractivity contribution in [3.63, 3.8) is 0 Å². The second-order valence-corrected chi connectivity index (χ2v) is 6.34. The summed E-state index contributed by atoms with van der Waals surface area (Å²) in [6.45, 7) is 5.00. The SMILES string of the molecule is C#N.Cc1cc(C(F)(F)F)cc(O)c1-c1cnc2cn(C3CCC3)nc2n1. The molecule has 1 N–H and O–H groups in total. The third kappa shape index (κ3) is 3.43. The maximum Gasteiger partial charge on any atom is 0.416 e. The van der Waals surface area contributed by atoms with Crippen molar-refractivity contribution in [3.05, 3.63) is 35.7 Å². The number of hydrogen-bond donors (Lipinski definition) is 1. The number of aromatic hydroxyl groups is 1. The molecule has 1 aromatic carbocycles. The summed E-state index contributed by atoms with van der Waals surface area (Å²) < 4.78 is 40.4. The predicted octanol–water partition coefficient (Wildman–Crippen LogP) is 4.39. The third-order valence-corrected chi connectivity index (χ3v) is 4.59. The number of nitrogens with zero attached hydrogens (tertiary/aromatic N) is 5. The van der Waals surface area contributed by atoms with Crippen molar-refractivity contribution in [1.29, 1.82) is 5.26 Å². The van der Waals surface area contributed by atoms with Crippen LogP contribution in [0.1, 0.15) is 36.4 Å². The quantitative estimate of drug-likeness (QED) is 0.718. The average Bonchev–Trinajstić information content (AvgIpc) is 2.96. The van der Waals surface area contributed by atoms with E-state index in [2.05, 4.69) is 21.6 Å². The Labute approximate surface area is 152 Å². The molecule has 2 heterocycles. The first-order chi connectivity index (χ1) is 12.8. The number of aryl methyl sites for hydroxylation is 1. The molecule has 0 spiro atoms. The van der Waals surface area contributed by atoms with Crippen LogP contribution in [-0.2, 0) is 6.18 Å². The number of hydrogen-bond acceptors (Lipinski definition) is 5. The lowest BCUT2D eigenvalue weighted by molar-refractivity contribution is -0.137. The van der Waals surface area contributed by atoms with Crippen LogP contribution >= 0.6 is 0 Å². The zero-order valence-electron chi connectivity index (χ0n) is 14.4. The Bertz CT molecular complexity index is 982. The van der Waals surface area contributed by atoms with Gasteiger partial charge in [0.2, 0.25) is 0 Å². The Kier molecular flexibility index (Phi) is 4.74.